The highest BCUT2D eigenvalue weighted by Crippen LogP contribution is 2.35. The molecule has 0 aliphatic heterocycles. The van der Waals surface area contributed by atoms with Crippen LogP contribution in [-0.2, 0) is 6.42 Å². The Labute approximate surface area is 131 Å². The standard InChI is InChI=1S/C19H15B.2H2O/c1-2-7-16(8-3-1)20-17-10-11-19-15(13-17)12-14-6-4-5-9-18(14)19;;/h1-11,13,20H,12H2;2*1H2. The summed E-state index contributed by atoms with van der Waals surface area (Å²) in [6.07, 6.45) is 1.08. The van der Waals surface area contributed by atoms with Crippen LogP contribution in [0.25, 0.3) is 11.1 Å². The van der Waals surface area contributed by atoms with E-state index >= 15 is 0 Å². The fraction of sp³-hybridized carbons (Fsp3) is 0.0526. The zero-order valence-corrected chi connectivity index (χ0v) is 12.3. The van der Waals surface area contributed by atoms with E-state index < -0.39 is 0 Å². The van der Waals surface area contributed by atoms with Crippen LogP contribution in [0, 0.1) is 0 Å². The van der Waals surface area contributed by atoms with Crippen LogP contribution in [0.15, 0.2) is 72.8 Å². The van der Waals surface area contributed by atoms with E-state index in [0.29, 0.717) is 0 Å². The Balaban J connectivity index is 0.000000882. The molecule has 0 heterocycles. The molecule has 0 aromatic heterocycles. The molecule has 1 aliphatic rings. The first kappa shape index (κ1) is 16.0. The molecule has 1 aliphatic carbocycles. The van der Waals surface area contributed by atoms with Gasteiger partial charge in [-0.3, -0.25) is 0 Å². The minimum Gasteiger partial charge on any atom is -0.412 e. The van der Waals surface area contributed by atoms with Gasteiger partial charge in [-0.25, -0.2) is 0 Å². The summed E-state index contributed by atoms with van der Waals surface area (Å²) in [4.78, 5) is 0. The number of benzene rings is 3. The Morgan fingerprint density at radius 3 is 2.09 bits per heavy atom. The van der Waals surface area contributed by atoms with E-state index in [1.54, 1.807) is 0 Å². The van der Waals surface area contributed by atoms with Gasteiger partial charge < -0.3 is 11.0 Å². The Kier molecular flexibility index (Phi) is 4.81. The Bertz CT molecular complexity index is 769. The maximum absolute atomic E-state index is 2.38. The normalized spacial score (nSPS) is 10.7. The fourth-order valence-electron chi connectivity index (χ4n) is 3.14. The molecule has 3 heteroatoms. The summed E-state index contributed by atoms with van der Waals surface area (Å²) >= 11 is 0. The smallest absolute Gasteiger partial charge is 0.192 e. The number of rotatable bonds is 2. The molecule has 0 spiro atoms. The maximum Gasteiger partial charge on any atom is 0.192 e. The summed E-state index contributed by atoms with van der Waals surface area (Å²) in [5.74, 6) is 0. The Hall–Kier alpha value is -2.36. The molecule has 3 aromatic rings. The first-order valence-corrected chi connectivity index (χ1v) is 7.14. The van der Waals surface area contributed by atoms with E-state index in [4.69, 9.17) is 0 Å². The van der Waals surface area contributed by atoms with Crippen molar-refractivity contribution in [3.05, 3.63) is 83.9 Å². The molecule has 0 fully saturated rings. The molecule has 0 atom stereocenters. The Morgan fingerprint density at radius 1 is 0.591 bits per heavy atom. The molecule has 0 saturated heterocycles. The van der Waals surface area contributed by atoms with E-state index in [1.807, 2.05) is 0 Å². The summed E-state index contributed by atoms with van der Waals surface area (Å²) in [6, 6.07) is 26.4. The second kappa shape index (κ2) is 6.61. The van der Waals surface area contributed by atoms with Crippen molar-refractivity contribution in [1.82, 2.24) is 0 Å². The summed E-state index contributed by atoms with van der Waals surface area (Å²) in [5, 5.41) is 0. The predicted octanol–water partition coefficient (Wildman–Crippen LogP) is 0.996. The second-order valence-corrected chi connectivity index (χ2v) is 5.49. The summed E-state index contributed by atoms with van der Waals surface area (Å²) in [7, 11) is 1.02. The lowest BCUT2D eigenvalue weighted by molar-refractivity contribution is 0.823. The molecule has 0 saturated carbocycles. The van der Waals surface area contributed by atoms with Crippen molar-refractivity contribution in [3.63, 3.8) is 0 Å². The highest BCUT2D eigenvalue weighted by Gasteiger charge is 2.17. The lowest BCUT2D eigenvalue weighted by Crippen LogP contribution is -2.26. The van der Waals surface area contributed by atoms with Crippen molar-refractivity contribution in [2.45, 2.75) is 6.42 Å². The van der Waals surface area contributed by atoms with Crippen LogP contribution < -0.4 is 10.9 Å². The predicted molar refractivity (Wildman–Crippen MR) is 94.8 cm³/mol. The molecular formula is C19H19BO2. The third-order valence-electron chi connectivity index (χ3n) is 4.11. The van der Waals surface area contributed by atoms with Gasteiger partial charge in [0.15, 0.2) is 7.28 Å². The SMILES string of the molecule is B(c1ccccc1)c1ccc2c(c1)Cc1ccccc1-2.O.O. The van der Waals surface area contributed by atoms with Gasteiger partial charge in [-0.2, -0.15) is 0 Å². The lowest BCUT2D eigenvalue weighted by atomic mass is 9.63. The van der Waals surface area contributed by atoms with Gasteiger partial charge in [0, 0.05) is 0 Å². The van der Waals surface area contributed by atoms with Gasteiger partial charge in [-0.15, -0.1) is 0 Å². The minimum atomic E-state index is 0. The quantitative estimate of drug-likeness (QED) is 0.494. The monoisotopic (exact) mass is 290 g/mol. The summed E-state index contributed by atoms with van der Waals surface area (Å²) in [6.45, 7) is 0. The first-order valence-electron chi connectivity index (χ1n) is 7.14. The van der Waals surface area contributed by atoms with Gasteiger partial charge in [0.2, 0.25) is 0 Å². The highest BCUT2D eigenvalue weighted by molar-refractivity contribution is 6.67. The Morgan fingerprint density at radius 2 is 1.27 bits per heavy atom. The number of hydrogen-bond donors (Lipinski definition) is 0. The molecule has 0 radical (unpaired) electrons. The molecule has 4 N–H and O–H groups in total. The first-order chi connectivity index (χ1) is 9.90. The van der Waals surface area contributed by atoms with Gasteiger partial charge >= 0.3 is 0 Å². The molecule has 22 heavy (non-hydrogen) atoms. The molecule has 4 rings (SSSR count). The van der Waals surface area contributed by atoms with Crippen molar-refractivity contribution in [2.75, 3.05) is 0 Å². The van der Waals surface area contributed by atoms with Gasteiger partial charge in [0.05, 0.1) is 0 Å². The largest absolute Gasteiger partial charge is 0.412 e. The molecule has 3 aromatic carbocycles. The zero-order chi connectivity index (χ0) is 13.4. The average molecular weight is 290 g/mol. The fourth-order valence-corrected chi connectivity index (χ4v) is 3.14. The van der Waals surface area contributed by atoms with Gasteiger partial charge in [0.1, 0.15) is 0 Å². The van der Waals surface area contributed by atoms with E-state index in [2.05, 4.69) is 72.8 Å². The van der Waals surface area contributed by atoms with Crippen LogP contribution in [0.1, 0.15) is 11.1 Å². The van der Waals surface area contributed by atoms with Crippen molar-refractivity contribution in [1.29, 1.82) is 0 Å². The van der Waals surface area contributed by atoms with E-state index in [-0.39, 0.29) is 11.0 Å². The molecule has 110 valence electrons. The molecule has 0 amide bonds. The van der Waals surface area contributed by atoms with Crippen molar-refractivity contribution in [2.24, 2.45) is 0 Å². The molecule has 0 unspecified atom stereocenters. The zero-order valence-electron chi connectivity index (χ0n) is 12.3. The van der Waals surface area contributed by atoms with Crippen LogP contribution in [-0.4, -0.2) is 18.2 Å². The minimum absolute atomic E-state index is 0. The van der Waals surface area contributed by atoms with Gasteiger partial charge in [-0.1, -0.05) is 83.7 Å². The number of fused-ring (bicyclic) bond motifs is 3. The number of hydrogen-bond acceptors (Lipinski definition) is 0. The molecular weight excluding hydrogens is 271 g/mol. The van der Waals surface area contributed by atoms with E-state index in [9.17, 15) is 0 Å². The summed E-state index contributed by atoms with van der Waals surface area (Å²) in [5.41, 5.74) is 8.54. The van der Waals surface area contributed by atoms with Crippen LogP contribution in [0.5, 0.6) is 0 Å². The van der Waals surface area contributed by atoms with Gasteiger partial charge in [-0.05, 0) is 28.7 Å². The van der Waals surface area contributed by atoms with Crippen LogP contribution >= 0.6 is 0 Å². The second-order valence-electron chi connectivity index (χ2n) is 5.49. The van der Waals surface area contributed by atoms with Crippen LogP contribution in [0.2, 0.25) is 0 Å². The van der Waals surface area contributed by atoms with Gasteiger partial charge in [0.25, 0.3) is 0 Å². The third-order valence-corrected chi connectivity index (χ3v) is 4.11. The van der Waals surface area contributed by atoms with Crippen molar-refractivity contribution < 1.29 is 11.0 Å². The van der Waals surface area contributed by atoms with Crippen molar-refractivity contribution in [3.8, 4) is 11.1 Å². The van der Waals surface area contributed by atoms with E-state index in [1.165, 1.54) is 33.2 Å². The topological polar surface area (TPSA) is 63.0 Å². The van der Waals surface area contributed by atoms with Crippen LogP contribution in [0.3, 0.4) is 0 Å². The van der Waals surface area contributed by atoms with Crippen molar-refractivity contribution >= 4 is 18.2 Å². The summed E-state index contributed by atoms with van der Waals surface area (Å²) < 4.78 is 0. The maximum atomic E-state index is 2.38. The average Bonchev–Trinajstić information content (AvgIpc) is 2.86. The molecule has 0 bridgehead atoms. The third kappa shape index (κ3) is 2.82. The molecule has 2 nitrogen and oxygen atoms in total. The van der Waals surface area contributed by atoms with Crippen LogP contribution in [0.4, 0.5) is 0 Å². The lowest BCUT2D eigenvalue weighted by Gasteiger charge is -2.05. The van der Waals surface area contributed by atoms with E-state index in [0.717, 1.165) is 13.7 Å². The highest BCUT2D eigenvalue weighted by atomic mass is 16.0.